The molecule has 88 valence electrons. The van der Waals surface area contributed by atoms with Crippen LogP contribution in [0.25, 0.3) is 0 Å². The maximum Gasteiger partial charge on any atom is 0.307 e. The molecule has 0 spiro atoms. The SMILES string of the molecule is CCC(CC(=O)OCCCCO)C(=O)O. The quantitative estimate of drug-likeness (QED) is 0.465. The van der Waals surface area contributed by atoms with Crippen molar-refractivity contribution in [3.63, 3.8) is 0 Å². The number of aliphatic carboxylic acids is 1. The van der Waals surface area contributed by atoms with E-state index < -0.39 is 17.9 Å². The molecule has 0 aliphatic carbocycles. The molecular formula is C10H18O5. The molecular weight excluding hydrogens is 200 g/mol. The number of hydrogen-bond donors (Lipinski definition) is 2. The van der Waals surface area contributed by atoms with Crippen LogP contribution >= 0.6 is 0 Å². The van der Waals surface area contributed by atoms with Crippen molar-refractivity contribution in [2.75, 3.05) is 13.2 Å². The average Bonchev–Trinajstić information content (AvgIpc) is 2.20. The molecule has 1 unspecified atom stereocenters. The van der Waals surface area contributed by atoms with Gasteiger partial charge in [0.15, 0.2) is 0 Å². The average molecular weight is 218 g/mol. The molecule has 5 heteroatoms. The summed E-state index contributed by atoms with van der Waals surface area (Å²) in [5, 5.41) is 17.2. The molecule has 0 aliphatic heterocycles. The zero-order chi connectivity index (χ0) is 11.7. The zero-order valence-corrected chi connectivity index (χ0v) is 8.94. The maximum atomic E-state index is 11.1. The van der Waals surface area contributed by atoms with Crippen LogP contribution in [0.2, 0.25) is 0 Å². The van der Waals surface area contributed by atoms with Crippen molar-refractivity contribution >= 4 is 11.9 Å². The first-order chi connectivity index (χ1) is 7.11. The van der Waals surface area contributed by atoms with Gasteiger partial charge in [-0.25, -0.2) is 0 Å². The van der Waals surface area contributed by atoms with Crippen LogP contribution in [0.5, 0.6) is 0 Å². The highest BCUT2D eigenvalue weighted by atomic mass is 16.5. The Balaban J connectivity index is 3.67. The second kappa shape index (κ2) is 8.23. The predicted octanol–water partition coefficient (Wildman–Crippen LogP) is 0.803. The van der Waals surface area contributed by atoms with Gasteiger partial charge in [-0.05, 0) is 19.3 Å². The third-order valence-electron chi connectivity index (χ3n) is 2.07. The van der Waals surface area contributed by atoms with Crippen molar-refractivity contribution in [2.24, 2.45) is 5.92 Å². The van der Waals surface area contributed by atoms with Crippen LogP contribution in [0.3, 0.4) is 0 Å². The molecule has 0 bridgehead atoms. The fraction of sp³-hybridized carbons (Fsp3) is 0.800. The minimum atomic E-state index is -0.968. The lowest BCUT2D eigenvalue weighted by molar-refractivity contribution is -0.151. The number of unbranched alkanes of at least 4 members (excludes halogenated alkanes) is 1. The van der Waals surface area contributed by atoms with Crippen LogP contribution < -0.4 is 0 Å². The molecule has 0 amide bonds. The van der Waals surface area contributed by atoms with Gasteiger partial charge in [0, 0.05) is 6.61 Å². The lowest BCUT2D eigenvalue weighted by Crippen LogP contribution is -2.19. The molecule has 0 radical (unpaired) electrons. The van der Waals surface area contributed by atoms with Crippen molar-refractivity contribution in [3.05, 3.63) is 0 Å². The van der Waals surface area contributed by atoms with Crippen LogP contribution in [0.4, 0.5) is 0 Å². The number of rotatable bonds is 8. The monoisotopic (exact) mass is 218 g/mol. The number of aliphatic hydroxyl groups excluding tert-OH is 1. The Morgan fingerprint density at radius 1 is 1.33 bits per heavy atom. The first-order valence-corrected chi connectivity index (χ1v) is 5.11. The summed E-state index contributed by atoms with van der Waals surface area (Å²) < 4.78 is 4.81. The molecule has 0 aromatic rings. The Labute approximate surface area is 89.0 Å². The smallest absolute Gasteiger partial charge is 0.307 e. The molecule has 0 rings (SSSR count). The molecule has 0 heterocycles. The van der Waals surface area contributed by atoms with Crippen LogP contribution in [0.1, 0.15) is 32.6 Å². The number of carboxylic acid groups (broad SMARTS) is 1. The molecule has 0 saturated carbocycles. The summed E-state index contributed by atoms with van der Waals surface area (Å²) in [6.45, 7) is 2.04. The van der Waals surface area contributed by atoms with Crippen LogP contribution in [-0.2, 0) is 14.3 Å². The van der Waals surface area contributed by atoms with Gasteiger partial charge in [0.25, 0.3) is 0 Å². The van der Waals surface area contributed by atoms with Gasteiger partial charge in [-0.1, -0.05) is 6.92 Å². The summed E-state index contributed by atoms with van der Waals surface area (Å²) in [6.07, 6.45) is 1.53. The first kappa shape index (κ1) is 13.9. The summed E-state index contributed by atoms with van der Waals surface area (Å²) in [5.74, 6) is -2.11. The van der Waals surface area contributed by atoms with Gasteiger partial charge in [0.1, 0.15) is 0 Å². The van der Waals surface area contributed by atoms with Gasteiger partial charge in [0.2, 0.25) is 0 Å². The molecule has 15 heavy (non-hydrogen) atoms. The zero-order valence-electron chi connectivity index (χ0n) is 8.94. The molecule has 0 aliphatic rings. The van der Waals surface area contributed by atoms with Crippen molar-refractivity contribution in [1.82, 2.24) is 0 Å². The molecule has 0 aromatic heterocycles. The number of hydrogen-bond acceptors (Lipinski definition) is 4. The van der Waals surface area contributed by atoms with Gasteiger partial charge < -0.3 is 14.9 Å². The molecule has 1 atom stereocenters. The lowest BCUT2D eigenvalue weighted by Gasteiger charge is -2.09. The minimum absolute atomic E-state index is 0.0737. The van der Waals surface area contributed by atoms with E-state index in [1.165, 1.54) is 0 Å². The second-order valence-corrected chi connectivity index (χ2v) is 3.30. The fourth-order valence-electron chi connectivity index (χ4n) is 1.07. The van der Waals surface area contributed by atoms with Gasteiger partial charge in [-0.3, -0.25) is 9.59 Å². The van der Waals surface area contributed by atoms with E-state index >= 15 is 0 Å². The summed E-state index contributed by atoms with van der Waals surface area (Å²) in [6, 6.07) is 0. The summed E-state index contributed by atoms with van der Waals surface area (Å²) >= 11 is 0. The second-order valence-electron chi connectivity index (χ2n) is 3.30. The largest absolute Gasteiger partial charge is 0.481 e. The van der Waals surface area contributed by atoms with E-state index in [0.717, 1.165) is 0 Å². The third kappa shape index (κ3) is 6.90. The standard InChI is InChI=1S/C10H18O5/c1-2-8(10(13)14)7-9(12)15-6-4-3-5-11/h8,11H,2-7H2,1H3,(H,13,14). The lowest BCUT2D eigenvalue weighted by atomic mass is 10.0. The van der Waals surface area contributed by atoms with Crippen LogP contribution in [0.15, 0.2) is 0 Å². The van der Waals surface area contributed by atoms with E-state index in [-0.39, 0.29) is 19.6 Å². The van der Waals surface area contributed by atoms with Crippen molar-refractivity contribution in [1.29, 1.82) is 0 Å². The number of carbonyl (C=O) groups excluding carboxylic acids is 1. The van der Waals surface area contributed by atoms with Gasteiger partial charge >= 0.3 is 11.9 Å². The van der Waals surface area contributed by atoms with Gasteiger partial charge in [0.05, 0.1) is 18.9 Å². The number of carboxylic acids is 1. The van der Waals surface area contributed by atoms with E-state index in [1.807, 2.05) is 0 Å². The highest BCUT2D eigenvalue weighted by Crippen LogP contribution is 2.09. The van der Waals surface area contributed by atoms with E-state index in [2.05, 4.69) is 0 Å². The van der Waals surface area contributed by atoms with Crippen molar-refractivity contribution in [3.8, 4) is 0 Å². The summed E-state index contributed by atoms with van der Waals surface area (Å²) in [4.78, 5) is 21.7. The Hall–Kier alpha value is -1.10. The number of esters is 1. The molecule has 5 nitrogen and oxygen atoms in total. The maximum absolute atomic E-state index is 11.1. The number of ether oxygens (including phenoxy) is 1. The molecule has 0 aromatic carbocycles. The van der Waals surface area contributed by atoms with E-state index in [0.29, 0.717) is 19.3 Å². The topological polar surface area (TPSA) is 83.8 Å². The Kier molecular flexibility index (Phi) is 7.62. The highest BCUT2D eigenvalue weighted by molar-refractivity contribution is 5.78. The molecule has 0 saturated heterocycles. The Morgan fingerprint density at radius 3 is 2.47 bits per heavy atom. The molecule has 0 fully saturated rings. The molecule has 2 N–H and O–H groups in total. The van der Waals surface area contributed by atoms with Crippen LogP contribution in [0, 0.1) is 5.92 Å². The van der Waals surface area contributed by atoms with E-state index in [1.54, 1.807) is 6.92 Å². The normalized spacial score (nSPS) is 12.1. The van der Waals surface area contributed by atoms with Gasteiger partial charge in [-0.2, -0.15) is 0 Å². The Bertz CT molecular complexity index is 202. The Morgan fingerprint density at radius 2 is 2.00 bits per heavy atom. The minimum Gasteiger partial charge on any atom is -0.481 e. The highest BCUT2D eigenvalue weighted by Gasteiger charge is 2.19. The van der Waals surface area contributed by atoms with Gasteiger partial charge in [-0.15, -0.1) is 0 Å². The van der Waals surface area contributed by atoms with Crippen LogP contribution in [-0.4, -0.2) is 35.4 Å². The van der Waals surface area contributed by atoms with E-state index in [4.69, 9.17) is 14.9 Å². The van der Waals surface area contributed by atoms with Crippen molar-refractivity contribution < 1.29 is 24.5 Å². The third-order valence-corrected chi connectivity index (χ3v) is 2.07. The summed E-state index contributed by atoms with van der Waals surface area (Å²) in [5.41, 5.74) is 0. The number of aliphatic hydroxyl groups is 1. The first-order valence-electron chi connectivity index (χ1n) is 5.11. The predicted molar refractivity (Wildman–Crippen MR) is 53.3 cm³/mol. The fourth-order valence-corrected chi connectivity index (χ4v) is 1.07. The van der Waals surface area contributed by atoms with Crippen molar-refractivity contribution in [2.45, 2.75) is 32.6 Å². The number of carbonyl (C=O) groups is 2. The van der Waals surface area contributed by atoms with E-state index in [9.17, 15) is 9.59 Å². The summed E-state index contributed by atoms with van der Waals surface area (Å²) in [7, 11) is 0.